The lowest BCUT2D eigenvalue weighted by Crippen LogP contribution is -2.50. The number of ether oxygens (including phenoxy) is 2. The fraction of sp³-hybridized carbons (Fsp3) is 0.917. The van der Waals surface area contributed by atoms with Gasteiger partial charge in [0.15, 0.2) is 5.60 Å². The molecule has 2 fully saturated rings. The van der Waals surface area contributed by atoms with Crippen LogP contribution in [-0.2, 0) is 14.3 Å². The summed E-state index contributed by atoms with van der Waals surface area (Å²) in [4.78, 5) is 11.9. The molecule has 2 unspecified atom stereocenters. The minimum Gasteiger partial charge on any atom is -0.458 e. The van der Waals surface area contributed by atoms with Crippen molar-refractivity contribution in [2.75, 3.05) is 0 Å². The highest BCUT2D eigenvalue weighted by Gasteiger charge is 2.50. The molecule has 2 aliphatic heterocycles. The Morgan fingerprint density at radius 1 is 1.31 bits per heavy atom. The van der Waals surface area contributed by atoms with E-state index in [1.54, 1.807) is 0 Å². The minimum absolute atomic E-state index is 0.0243. The van der Waals surface area contributed by atoms with Gasteiger partial charge in [0, 0.05) is 12.8 Å². The Hall–Kier alpha value is -0.610. The van der Waals surface area contributed by atoms with Crippen LogP contribution in [0.25, 0.3) is 0 Å². The Kier molecular flexibility index (Phi) is 2.75. The van der Waals surface area contributed by atoms with Crippen molar-refractivity contribution in [3.05, 3.63) is 0 Å². The molecule has 1 N–H and O–H groups in total. The Morgan fingerprint density at radius 3 is 2.25 bits per heavy atom. The first-order valence-corrected chi connectivity index (χ1v) is 5.90. The maximum absolute atomic E-state index is 11.9. The molecule has 0 radical (unpaired) electrons. The predicted molar refractivity (Wildman–Crippen MR) is 57.9 cm³/mol. The zero-order valence-corrected chi connectivity index (χ0v) is 10.2. The van der Waals surface area contributed by atoms with E-state index in [4.69, 9.17) is 9.47 Å². The molecule has 0 aromatic heterocycles. The SMILES string of the molecule is CC(C)(C)OC(=O)C1(O)CC2CCC(C1)O2. The van der Waals surface area contributed by atoms with Gasteiger partial charge in [-0.15, -0.1) is 0 Å². The Bertz CT molecular complexity index is 280. The topological polar surface area (TPSA) is 55.8 Å². The van der Waals surface area contributed by atoms with Gasteiger partial charge in [-0.2, -0.15) is 0 Å². The van der Waals surface area contributed by atoms with E-state index in [0.717, 1.165) is 12.8 Å². The normalized spacial score (nSPS) is 38.5. The average Bonchev–Trinajstić information content (AvgIpc) is 2.43. The van der Waals surface area contributed by atoms with E-state index in [0.29, 0.717) is 12.8 Å². The fourth-order valence-electron chi connectivity index (χ4n) is 2.46. The van der Waals surface area contributed by atoms with Crippen LogP contribution in [-0.4, -0.2) is 34.5 Å². The van der Waals surface area contributed by atoms with Crippen molar-refractivity contribution in [2.45, 2.75) is 69.9 Å². The smallest absolute Gasteiger partial charge is 0.338 e. The zero-order chi connectivity index (χ0) is 12.0. The maximum Gasteiger partial charge on any atom is 0.338 e. The summed E-state index contributed by atoms with van der Waals surface area (Å²) < 4.78 is 10.9. The molecule has 0 spiro atoms. The molecule has 4 heteroatoms. The quantitative estimate of drug-likeness (QED) is 0.689. The molecule has 92 valence electrons. The molecule has 4 nitrogen and oxygen atoms in total. The lowest BCUT2D eigenvalue weighted by atomic mass is 9.90. The molecule has 2 heterocycles. The van der Waals surface area contributed by atoms with Crippen LogP contribution in [0.15, 0.2) is 0 Å². The van der Waals surface area contributed by atoms with Crippen molar-refractivity contribution < 1.29 is 19.4 Å². The van der Waals surface area contributed by atoms with Crippen molar-refractivity contribution in [1.82, 2.24) is 0 Å². The summed E-state index contributed by atoms with van der Waals surface area (Å²) in [5.41, 5.74) is -1.89. The third-order valence-electron chi connectivity index (χ3n) is 3.11. The molecular weight excluding hydrogens is 208 g/mol. The van der Waals surface area contributed by atoms with Crippen molar-refractivity contribution >= 4 is 5.97 Å². The van der Waals surface area contributed by atoms with Crippen LogP contribution in [0, 0.1) is 0 Å². The standard InChI is InChI=1S/C12H20O4/c1-11(2,3)16-10(13)12(14)6-8-4-5-9(7-12)15-8/h8-9,14H,4-7H2,1-3H3. The summed E-state index contributed by atoms with van der Waals surface area (Å²) in [6, 6.07) is 0. The summed E-state index contributed by atoms with van der Waals surface area (Å²) in [5, 5.41) is 10.3. The van der Waals surface area contributed by atoms with Crippen molar-refractivity contribution in [3.63, 3.8) is 0 Å². The molecule has 0 aromatic rings. The summed E-state index contributed by atoms with van der Waals surface area (Å²) in [6.07, 6.45) is 2.68. The maximum atomic E-state index is 11.9. The second-order valence-electron chi connectivity index (χ2n) is 5.90. The first kappa shape index (κ1) is 11.9. The highest BCUT2D eigenvalue weighted by atomic mass is 16.6. The molecule has 0 aliphatic carbocycles. The fourth-order valence-corrected chi connectivity index (χ4v) is 2.46. The van der Waals surface area contributed by atoms with Gasteiger partial charge >= 0.3 is 5.97 Å². The van der Waals surface area contributed by atoms with Crippen LogP contribution in [0.2, 0.25) is 0 Å². The average molecular weight is 228 g/mol. The molecule has 0 amide bonds. The van der Waals surface area contributed by atoms with Crippen molar-refractivity contribution in [3.8, 4) is 0 Å². The van der Waals surface area contributed by atoms with E-state index >= 15 is 0 Å². The Balaban J connectivity index is 2.05. The molecule has 0 aromatic carbocycles. The first-order valence-electron chi connectivity index (χ1n) is 5.90. The molecule has 0 saturated carbocycles. The second-order valence-corrected chi connectivity index (χ2v) is 5.90. The van der Waals surface area contributed by atoms with E-state index < -0.39 is 17.2 Å². The number of esters is 1. The van der Waals surface area contributed by atoms with E-state index in [2.05, 4.69) is 0 Å². The van der Waals surface area contributed by atoms with Crippen molar-refractivity contribution in [1.29, 1.82) is 0 Å². The number of carbonyl (C=O) groups excluding carboxylic acids is 1. The Labute approximate surface area is 95.9 Å². The summed E-state index contributed by atoms with van der Waals surface area (Å²) in [6.45, 7) is 5.42. The number of carbonyl (C=O) groups is 1. The predicted octanol–water partition coefficient (Wildman–Crippen LogP) is 1.40. The van der Waals surface area contributed by atoms with Gasteiger partial charge in [0.2, 0.25) is 0 Å². The number of hydrogen-bond acceptors (Lipinski definition) is 4. The van der Waals surface area contributed by atoms with Crippen molar-refractivity contribution in [2.24, 2.45) is 0 Å². The lowest BCUT2D eigenvalue weighted by Gasteiger charge is -2.36. The van der Waals surface area contributed by atoms with E-state index in [1.807, 2.05) is 20.8 Å². The third-order valence-corrected chi connectivity index (χ3v) is 3.11. The van der Waals surface area contributed by atoms with E-state index in [-0.39, 0.29) is 12.2 Å². The van der Waals surface area contributed by atoms with Crippen LogP contribution in [0.1, 0.15) is 46.5 Å². The minimum atomic E-state index is -1.34. The van der Waals surface area contributed by atoms with Gasteiger partial charge in [0.25, 0.3) is 0 Å². The van der Waals surface area contributed by atoms with Gasteiger partial charge < -0.3 is 14.6 Å². The molecule has 2 bridgehead atoms. The highest BCUT2D eigenvalue weighted by Crippen LogP contribution is 2.39. The molecule has 2 aliphatic rings. The van der Waals surface area contributed by atoms with Crippen LogP contribution in [0.3, 0.4) is 0 Å². The number of hydrogen-bond donors (Lipinski definition) is 1. The highest BCUT2D eigenvalue weighted by molar-refractivity contribution is 5.80. The van der Waals surface area contributed by atoms with Gasteiger partial charge in [0.1, 0.15) is 5.60 Å². The number of aliphatic hydroxyl groups is 1. The van der Waals surface area contributed by atoms with Gasteiger partial charge in [-0.1, -0.05) is 0 Å². The number of rotatable bonds is 1. The second kappa shape index (κ2) is 3.70. The van der Waals surface area contributed by atoms with E-state index in [1.165, 1.54) is 0 Å². The van der Waals surface area contributed by atoms with Gasteiger partial charge in [0.05, 0.1) is 12.2 Å². The number of fused-ring (bicyclic) bond motifs is 2. The van der Waals surface area contributed by atoms with Crippen LogP contribution in [0.4, 0.5) is 0 Å². The molecule has 2 atom stereocenters. The van der Waals surface area contributed by atoms with Crippen LogP contribution >= 0.6 is 0 Å². The monoisotopic (exact) mass is 228 g/mol. The van der Waals surface area contributed by atoms with Gasteiger partial charge in [-0.05, 0) is 33.6 Å². The van der Waals surface area contributed by atoms with Crippen LogP contribution in [0.5, 0.6) is 0 Å². The lowest BCUT2D eigenvalue weighted by molar-refractivity contribution is -0.192. The van der Waals surface area contributed by atoms with Gasteiger partial charge in [-0.25, -0.2) is 4.79 Å². The summed E-state index contributed by atoms with van der Waals surface area (Å²) in [7, 11) is 0. The van der Waals surface area contributed by atoms with E-state index in [9.17, 15) is 9.90 Å². The largest absolute Gasteiger partial charge is 0.458 e. The summed E-state index contributed by atoms with van der Waals surface area (Å²) >= 11 is 0. The Morgan fingerprint density at radius 2 is 1.81 bits per heavy atom. The zero-order valence-electron chi connectivity index (χ0n) is 10.2. The molecule has 2 saturated heterocycles. The molecule has 16 heavy (non-hydrogen) atoms. The molecular formula is C12H20O4. The third kappa shape index (κ3) is 2.38. The summed E-state index contributed by atoms with van der Waals surface area (Å²) in [5.74, 6) is -0.500. The van der Waals surface area contributed by atoms with Crippen LogP contribution < -0.4 is 0 Å². The molecule has 2 rings (SSSR count). The van der Waals surface area contributed by atoms with Gasteiger partial charge in [-0.3, -0.25) is 0 Å². The first-order chi connectivity index (χ1) is 7.28.